The Bertz CT molecular complexity index is 365. The third kappa shape index (κ3) is 3.56. The molecule has 0 aliphatic rings. The number of hydrogen-bond donors (Lipinski definition) is 1. The Morgan fingerprint density at radius 3 is 1.61 bits per heavy atom. The summed E-state index contributed by atoms with van der Waals surface area (Å²) in [5, 5.41) is 10.7. The second-order valence-electron chi connectivity index (χ2n) is 5.87. The molecule has 0 radical (unpaired) electrons. The maximum absolute atomic E-state index is 9.32. The Balaban J connectivity index is 3.44. The highest BCUT2D eigenvalue weighted by Crippen LogP contribution is 2.30. The molecule has 0 amide bonds. The molecule has 0 spiro atoms. The molecule has 1 rings (SSSR count). The van der Waals surface area contributed by atoms with Gasteiger partial charge in [-0.3, -0.25) is 0 Å². The number of rotatable bonds is 5. The van der Waals surface area contributed by atoms with Crippen LogP contribution in [0, 0.1) is 0 Å². The van der Waals surface area contributed by atoms with Gasteiger partial charge in [0.15, 0.2) is 0 Å². The van der Waals surface area contributed by atoms with E-state index in [2.05, 4.69) is 53.7 Å². The van der Waals surface area contributed by atoms with Crippen LogP contribution < -0.4 is 5.30 Å². The van der Waals surface area contributed by atoms with Crippen molar-refractivity contribution in [3.05, 3.63) is 28.8 Å². The van der Waals surface area contributed by atoms with Gasteiger partial charge in [-0.25, -0.2) is 0 Å². The molecular weight excluding hydrogens is 239 g/mol. The Morgan fingerprint density at radius 1 is 0.889 bits per heavy atom. The molecule has 0 fully saturated rings. The summed E-state index contributed by atoms with van der Waals surface area (Å²) in [6.45, 7) is 13.5. The van der Waals surface area contributed by atoms with Crippen LogP contribution in [0.25, 0.3) is 0 Å². The summed E-state index contributed by atoms with van der Waals surface area (Å²) in [4.78, 5) is 0. The van der Waals surface area contributed by atoms with Crippen molar-refractivity contribution >= 4 is 13.9 Å². The zero-order chi connectivity index (χ0) is 13.9. The first kappa shape index (κ1) is 15.7. The zero-order valence-electron chi connectivity index (χ0n) is 12.5. The van der Waals surface area contributed by atoms with Crippen molar-refractivity contribution in [2.75, 3.05) is 6.35 Å². The topological polar surface area (TPSA) is 20.2 Å². The van der Waals surface area contributed by atoms with E-state index in [-0.39, 0.29) is 6.35 Å². The van der Waals surface area contributed by atoms with Gasteiger partial charge in [0.1, 0.15) is 0 Å². The number of aliphatic hydroxyl groups excluding tert-OH is 1. The monoisotopic (exact) mass is 266 g/mol. The molecule has 0 saturated carbocycles. The Morgan fingerprint density at radius 2 is 1.33 bits per heavy atom. The molecule has 0 aliphatic carbocycles. The quantitative estimate of drug-likeness (QED) is 0.787. The van der Waals surface area contributed by atoms with Gasteiger partial charge in [0.25, 0.3) is 0 Å². The van der Waals surface area contributed by atoms with Gasteiger partial charge >= 0.3 is 0 Å². The second kappa shape index (κ2) is 6.68. The molecule has 18 heavy (non-hydrogen) atoms. The van der Waals surface area contributed by atoms with Gasteiger partial charge in [0.05, 0.1) is 6.35 Å². The number of benzene rings is 1. The standard InChI is InChI=1S/C16H27OP/c1-10(2)13-7-14(11(3)4)16(18-9-17)15(8-13)12(5)6/h7-8,10-12,17-18H,9H2,1-6H3. The molecule has 1 unspecified atom stereocenters. The van der Waals surface area contributed by atoms with Crippen molar-refractivity contribution in [2.24, 2.45) is 0 Å². The lowest BCUT2D eigenvalue weighted by molar-refractivity contribution is 0.373. The minimum absolute atomic E-state index is 0.264. The number of aliphatic hydroxyl groups is 1. The van der Waals surface area contributed by atoms with Crippen molar-refractivity contribution in [1.82, 2.24) is 0 Å². The molecule has 2 heteroatoms. The summed E-state index contributed by atoms with van der Waals surface area (Å²) >= 11 is 0. The predicted octanol–water partition coefficient (Wildman–Crippen LogP) is 4.31. The Hall–Kier alpha value is -0.390. The largest absolute Gasteiger partial charge is 0.392 e. The van der Waals surface area contributed by atoms with Gasteiger partial charge in [-0.05, 0) is 39.7 Å². The molecule has 1 atom stereocenters. The van der Waals surface area contributed by atoms with Crippen LogP contribution in [-0.2, 0) is 0 Å². The van der Waals surface area contributed by atoms with E-state index in [9.17, 15) is 5.11 Å². The second-order valence-corrected chi connectivity index (χ2v) is 7.04. The molecule has 1 aromatic rings. The molecule has 0 aliphatic heterocycles. The molecular formula is C16H27OP. The molecule has 0 bridgehead atoms. The van der Waals surface area contributed by atoms with Gasteiger partial charge in [-0.15, -0.1) is 0 Å². The summed E-state index contributed by atoms with van der Waals surface area (Å²) in [6.07, 6.45) is 0.264. The molecule has 1 N–H and O–H groups in total. The van der Waals surface area contributed by atoms with Crippen LogP contribution in [0.2, 0.25) is 0 Å². The summed E-state index contributed by atoms with van der Waals surface area (Å²) in [7, 11) is 0.516. The summed E-state index contributed by atoms with van der Waals surface area (Å²) < 4.78 is 0. The molecule has 0 saturated heterocycles. The third-order valence-corrected chi connectivity index (χ3v) is 4.48. The fourth-order valence-corrected chi connectivity index (χ4v) is 3.53. The normalized spacial score (nSPS) is 12.6. The van der Waals surface area contributed by atoms with E-state index in [0.717, 1.165) is 0 Å². The average molecular weight is 266 g/mol. The van der Waals surface area contributed by atoms with E-state index in [1.807, 2.05) is 0 Å². The van der Waals surface area contributed by atoms with Gasteiger partial charge in [-0.2, -0.15) is 0 Å². The molecule has 102 valence electrons. The van der Waals surface area contributed by atoms with Gasteiger partial charge in [-0.1, -0.05) is 62.3 Å². The lowest BCUT2D eigenvalue weighted by atomic mass is 9.89. The van der Waals surface area contributed by atoms with Crippen molar-refractivity contribution in [1.29, 1.82) is 0 Å². The van der Waals surface area contributed by atoms with Gasteiger partial charge in [0, 0.05) is 0 Å². The fourth-order valence-electron chi connectivity index (χ4n) is 2.24. The van der Waals surface area contributed by atoms with Crippen LogP contribution in [-0.4, -0.2) is 11.5 Å². The number of hydrogen-bond acceptors (Lipinski definition) is 1. The van der Waals surface area contributed by atoms with Crippen LogP contribution in [0.3, 0.4) is 0 Å². The van der Waals surface area contributed by atoms with Crippen molar-refractivity contribution in [3.8, 4) is 0 Å². The van der Waals surface area contributed by atoms with Crippen LogP contribution >= 0.6 is 8.58 Å². The lowest BCUT2D eigenvalue weighted by Crippen LogP contribution is -2.16. The minimum Gasteiger partial charge on any atom is -0.392 e. The fraction of sp³-hybridized carbons (Fsp3) is 0.625. The zero-order valence-corrected chi connectivity index (χ0v) is 13.5. The summed E-state index contributed by atoms with van der Waals surface area (Å²) in [6, 6.07) is 4.69. The molecule has 1 aromatic carbocycles. The highest BCUT2D eigenvalue weighted by Gasteiger charge is 2.16. The van der Waals surface area contributed by atoms with E-state index >= 15 is 0 Å². The van der Waals surface area contributed by atoms with Gasteiger partial charge < -0.3 is 5.11 Å². The Kier molecular flexibility index (Phi) is 5.82. The first-order valence-corrected chi connectivity index (χ1v) is 8.11. The first-order chi connectivity index (χ1) is 8.38. The molecule has 0 heterocycles. The maximum atomic E-state index is 9.32. The van der Waals surface area contributed by atoms with E-state index in [1.54, 1.807) is 0 Å². The minimum atomic E-state index is 0.264. The van der Waals surface area contributed by atoms with E-state index in [0.29, 0.717) is 26.3 Å². The van der Waals surface area contributed by atoms with Crippen LogP contribution in [0.4, 0.5) is 0 Å². The maximum Gasteiger partial charge on any atom is 0.0638 e. The Labute approximate surface area is 114 Å². The first-order valence-electron chi connectivity index (χ1n) is 6.90. The van der Waals surface area contributed by atoms with Crippen LogP contribution in [0.5, 0.6) is 0 Å². The van der Waals surface area contributed by atoms with Crippen molar-refractivity contribution < 1.29 is 5.11 Å². The highest BCUT2D eigenvalue weighted by atomic mass is 31.1. The van der Waals surface area contributed by atoms with Crippen molar-refractivity contribution in [2.45, 2.75) is 59.3 Å². The lowest BCUT2D eigenvalue weighted by Gasteiger charge is -2.22. The van der Waals surface area contributed by atoms with E-state index < -0.39 is 0 Å². The summed E-state index contributed by atoms with van der Waals surface area (Å²) in [5.74, 6) is 1.61. The molecule has 1 nitrogen and oxygen atoms in total. The van der Waals surface area contributed by atoms with Crippen LogP contribution in [0.1, 0.15) is 76.0 Å². The van der Waals surface area contributed by atoms with Gasteiger partial charge in [0.2, 0.25) is 0 Å². The molecule has 0 aromatic heterocycles. The van der Waals surface area contributed by atoms with Crippen LogP contribution in [0.15, 0.2) is 12.1 Å². The van der Waals surface area contributed by atoms with E-state index in [4.69, 9.17) is 0 Å². The third-order valence-electron chi connectivity index (χ3n) is 3.39. The summed E-state index contributed by atoms with van der Waals surface area (Å²) in [5.41, 5.74) is 4.28. The van der Waals surface area contributed by atoms with Crippen molar-refractivity contribution in [3.63, 3.8) is 0 Å². The smallest absolute Gasteiger partial charge is 0.0638 e. The highest BCUT2D eigenvalue weighted by molar-refractivity contribution is 7.47. The average Bonchev–Trinajstić information content (AvgIpc) is 2.28. The van der Waals surface area contributed by atoms with E-state index in [1.165, 1.54) is 22.0 Å². The predicted molar refractivity (Wildman–Crippen MR) is 83.7 cm³/mol. The SMILES string of the molecule is CC(C)c1cc(C(C)C)c(PCO)c(C(C)C)c1.